The molecule has 1 aromatic heterocycles. The lowest BCUT2D eigenvalue weighted by molar-refractivity contribution is -0.673. The Bertz CT molecular complexity index is 599. The summed E-state index contributed by atoms with van der Waals surface area (Å²) >= 11 is 0. The van der Waals surface area contributed by atoms with Crippen LogP contribution in [0.25, 0.3) is 10.9 Å². The van der Waals surface area contributed by atoms with E-state index in [1.54, 1.807) is 6.21 Å². The third kappa shape index (κ3) is 2.01. The van der Waals surface area contributed by atoms with Crippen LogP contribution in [0.3, 0.4) is 0 Å². The fourth-order valence-electron chi connectivity index (χ4n) is 1.85. The minimum absolute atomic E-state index is 0. The van der Waals surface area contributed by atoms with Crippen molar-refractivity contribution in [3.63, 3.8) is 0 Å². The van der Waals surface area contributed by atoms with E-state index in [1.165, 1.54) is 5.56 Å². The van der Waals surface area contributed by atoms with Gasteiger partial charge in [-0.2, -0.15) is 0 Å². The van der Waals surface area contributed by atoms with E-state index >= 15 is 0 Å². The molecule has 1 aliphatic rings. The highest BCUT2D eigenvalue weighted by Gasteiger charge is 2.16. The van der Waals surface area contributed by atoms with E-state index in [-0.39, 0.29) is 12.4 Å². The lowest BCUT2D eigenvalue weighted by Gasteiger charge is -1.95. The summed E-state index contributed by atoms with van der Waals surface area (Å²) in [4.78, 5) is 10.1. The van der Waals surface area contributed by atoms with Crippen molar-refractivity contribution in [1.29, 1.82) is 0 Å². The van der Waals surface area contributed by atoms with E-state index < -0.39 is 0 Å². The number of hydrogen-bond acceptors (Lipinski definition) is 3. The van der Waals surface area contributed by atoms with Gasteiger partial charge in [-0.3, -0.25) is 0 Å². The Hall–Kier alpha value is -1.88. The number of H-pyrrole nitrogens is 1. The van der Waals surface area contributed by atoms with Gasteiger partial charge in [-0.1, -0.05) is 17.6 Å². The summed E-state index contributed by atoms with van der Waals surface area (Å²) in [6.07, 6.45) is 3.73. The Balaban J connectivity index is 0.00000108. The van der Waals surface area contributed by atoms with E-state index in [9.17, 15) is 0 Å². The number of aromatic amines is 1. The van der Waals surface area contributed by atoms with E-state index in [2.05, 4.69) is 39.6 Å². The number of para-hydroxylation sites is 1. The van der Waals surface area contributed by atoms with Crippen LogP contribution in [0.5, 0.6) is 0 Å². The quantitative estimate of drug-likeness (QED) is 0.552. The van der Waals surface area contributed by atoms with Crippen molar-refractivity contribution in [3.8, 4) is 0 Å². The number of nitrogens with one attached hydrogen (secondary N) is 2. The minimum Gasteiger partial charge on any atom is -1.00 e. The van der Waals surface area contributed by atoms with Crippen LogP contribution in [0.15, 0.2) is 34.4 Å². The number of benzene rings is 1. The van der Waals surface area contributed by atoms with Crippen molar-refractivity contribution in [2.75, 3.05) is 12.0 Å². The van der Waals surface area contributed by atoms with E-state index in [0.717, 1.165) is 10.9 Å². The molecule has 3 rings (SSSR count). The second kappa shape index (κ2) is 4.55. The Kier molecular flexibility index (Phi) is 3.10. The number of halogens is 1. The molecule has 88 valence electrons. The molecule has 1 aromatic carbocycles. The maximum atomic E-state index is 4.19. The molecule has 2 N–H and O–H groups in total. The van der Waals surface area contributed by atoms with Gasteiger partial charge >= 0.3 is 0 Å². The molecule has 0 saturated heterocycles. The smallest absolute Gasteiger partial charge is 0.277 e. The van der Waals surface area contributed by atoms with Gasteiger partial charge in [-0.15, -0.1) is 5.10 Å². The lowest BCUT2D eigenvalue weighted by Crippen LogP contribution is -3.00. The molecule has 0 atom stereocenters. The van der Waals surface area contributed by atoms with Crippen LogP contribution in [0.1, 0.15) is 5.56 Å². The summed E-state index contributed by atoms with van der Waals surface area (Å²) in [6, 6.07) is 6.19. The first-order valence-corrected chi connectivity index (χ1v) is 5.17. The van der Waals surface area contributed by atoms with Crippen molar-refractivity contribution >= 4 is 23.1 Å². The maximum absolute atomic E-state index is 4.19. The van der Waals surface area contributed by atoms with Gasteiger partial charge in [0, 0.05) is 16.6 Å². The Morgan fingerprint density at radius 1 is 1.41 bits per heavy atom. The topological polar surface area (TPSA) is 56.4 Å². The number of rotatable bonds is 1. The molecule has 0 saturated carbocycles. The normalized spacial score (nSPS) is 13.6. The molecule has 0 unspecified atom stereocenters. The average Bonchev–Trinajstić information content (AvgIpc) is 2.90. The molecule has 0 aliphatic carbocycles. The van der Waals surface area contributed by atoms with Gasteiger partial charge in [0.2, 0.25) is 0 Å². The van der Waals surface area contributed by atoms with Crippen molar-refractivity contribution in [2.24, 2.45) is 9.98 Å². The molecule has 6 heteroatoms. The highest BCUT2D eigenvalue weighted by molar-refractivity contribution is 5.97. The van der Waals surface area contributed by atoms with Crippen LogP contribution in [0, 0.1) is 6.92 Å². The zero-order valence-corrected chi connectivity index (χ0v) is 10.1. The first kappa shape index (κ1) is 11.6. The summed E-state index contributed by atoms with van der Waals surface area (Å²) in [7, 11) is 0. The van der Waals surface area contributed by atoms with E-state index in [1.807, 2.05) is 17.1 Å². The molecule has 17 heavy (non-hydrogen) atoms. The first-order chi connectivity index (χ1) is 7.84. The third-order valence-corrected chi connectivity index (χ3v) is 2.59. The SMILES string of the molecule is Cc1cccc2c[nH][n+](NC3=NCC=N3)c12.[Cl-]. The van der Waals surface area contributed by atoms with E-state index in [0.29, 0.717) is 12.5 Å². The van der Waals surface area contributed by atoms with Gasteiger partial charge in [-0.25, -0.2) is 9.98 Å². The first-order valence-electron chi connectivity index (χ1n) is 5.17. The van der Waals surface area contributed by atoms with Crippen LogP contribution in [0.2, 0.25) is 0 Å². The summed E-state index contributed by atoms with van der Waals surface area (Å²) in [5.74, 6) is 0.636. The van der Waals surface area contributed by atoms with Gasteiger partial charge in [0.15, 0.2) is 0 Å². The number of aliphatic imine (C=N–C) groups is 2. The summed E-state index contributed by atoms with van der Waals surface area (Å²) < 4.78 is 0. The fraction of sp³-hybridized carbons (Fsp3) is 0.182. The monoisotopic (exact) mass is 249 g/mol. The third-order valence-electron chi connectivity index (χ3n) is 2.59. The fourth-order valence-corrected chi connectivity index (χ4v) is 1.85. The number of guanidine groups is 1. The molecule has 0 radical (unpaired) electrons. The predicted molar refractivity (Wildman–Crippen MR) is 63.4 cm³/mol. The zero-order valence-electron chi connectivity index (χ0n) is 9.31. The maximum Gasteiger partial charge on any atom is 0.277 e. The molecule has 2 heterocycles. The highest BCUT2D eigenvalue weighted by atomic mass is 35.5. The molecular weight excluding hydrogens is 238 g/mol. The lowest BCUT2D eigenvalue weighted by atomic mass is 10.2. The van der Waals surface area contributed by atoms with Crippen LogP contribution in [-0.4, -0.2) is 23.8 Å². The molecule has 0 amide bonds. The number of nitrogens with zero attached hydrogens (tertiary/aromatic N) is 3. The molecule has 2 aromatic rings. The molecular formula is C11H12ClN5. The molecule has 0 fully saturated rings. The molecule has 0 spiro atoms. The van der Waals surface area contributed by atoms with Crippen molar-refractivity contribution in [3.05, 3.63) is 30.0 Å². The van der Waals surface area contributed by atoms with Gasteiger partial charge < -0.3 is 12.4 Å². The molecule has 5 nitrogen and oxygen atoms in total. The summed E-state index contributed by atoms with van der Waals surface area (Å²) in [6.45, 7) is 2.73. The van der Waals surface area contributed by atoms with Crippen LogP contribution < -0.4 is 22.6 Å². The van der Waals surface area contributed by atoms with Crippen LogP contribution >= 0.6 is 0 Å². The summed E-state index contributed by atoms with van der Waals surface area (Å²) in [5, 5.41) is 4.29. The average molecular weight is 250 g/mol. The van der Waals surface area contributed by atoms with Gasteiger partial charge in [-0.05, 0) is 13.0 Å². The largest absolute Gasteiger partial charge is 1.00 e. The van der Waals surface area contributed by atoms with Gasteiger partial charge in [0.1, 0.15) is 0 Å². The van der Waals surface area contributed by atoms with Crippen molar-refractivity contribution in [2.45, 2.75) is 6.92 Å². The van der Waals surface area contributed by atoms with E-state index in [4.69, 9.17) is 0 Å². The standard InChI is InChI=1S/C11H11N5.ClH/c1-8-3-2-4-9-7-14-16(10(8)9)15-11-12-5-6-13-11;/h2-5,7H,6H2,1H3,(H,13,15);1H. The van der Waals surface area contributed by atoms with Gasteiger partial charge in [0.05, 0.1) is 18.1 Å². The minimum atomic E-state index is 0. The van der Waals surface area contributed by atoms with Crippen LogP contribution in [-0.2, 0) is 0 Å². The Labute approximate surface area is 105 Å². The predicted octanol–water partition coefficient (Wildman–Crippen LogP) is -2.25. The van der Waals surface area contributed by atoms with Crippen LogP contribution in [0.4, 0.5) is 0 Å². The number of fused-ring (bicyclic) bond motifs is 1. The number of aromatic nitrogens is 2. The molecule has 1 aliphatic heterocycles. The second-order valence-electron chi connectivity index (χ2n) is 3.71. The number of aryl methyl sites for hydroxylation is 1. The number of hydrogen-bond donors (Lipinski definition) is 2. The zero-order chi connectivity index (χ0) is 11.0. The summed E-state index contributed by atoms with van der Waals surface area (Å²) in [5.41, 5.74) is 5.44. The Morgan fingerprint density at radius 2 is 2.29 bits per heavy atom. The highest BCUT2D eigenvalue weighted by Crippen LogP contribution is 2.12. The Morgan fingerprint density at radius 3 is 3.06 bits per heavy atom. The van der Waals surface area contributed by atoms with Crippen molar-refractivity contribution < 1.29 is 17.2 Å². The van der Waals surface area contributed by atoms with Gasteiger partial charge in [0.25, 0.3) is 11.5 Å². The molecule has 0 bridgehead atoms. The second-order valence-corrected chi connectivity index (χ2v) is 3.71. The van der Waals surface area contributed by atoms with Crippen molar-refractivity contribution in [1.82, 2.24) is 5.10 Å².